The third kappa shape index (κ3) is 5.81. The van der Waals surface area contributed by atoms with Gasteiger partial charge in [0, 0.05) is 23.1 Å². The molecule has 0 aliphatic heterocycles. The van der Waals surface area contributed by atoms with Gasteiger partial charge in [0.15, 0.2) is 0 Å². The molecule has 34 heavy (non-hydrogen) atoms. The fourth-order valence-corrected chi connectivity index (χ4v) is 4.98. The first-order valence-corrected chi connectivity index (χ1v) is 12.3. The number of pyridine rings is 1. The number of rotatable bonds is 8. The van der Waals surface area contributed by atoms with Crippen LogP contribution in [0.2, 0.25) is 5.02 Å². The van der Waals surface area contributed by atoms with Crippen LogP contribution in [-0.4, -0.2) is 25.9 Å². The Morgan fingerprint density at radius 3 is 2.09 bits per heavy atom. The topological polar surface area (TPSA) is 79.4 Å². The van der Waals surface area contributed by atoms with E-state index in [0.717, 1.165) is 21.9 Å². The number of amides is 1. The lowest BCUT2D eigenvalue weighted by atomic mass is 10.1. The normalized spacial score (nSPS) is 11.1. The Morgan fingerprint density at radius 1 is 0.824 bits per heavy atom. The first-order chi connectivity index (χ1) is 16.4. The Balaban J connectivity index is 1.51. The van der Waals surface area contributed by atoms with Crippen LogP contribution in [-0.2, 0) is 21.2 Å². The Bertz CT molecular complexity index is 1350. The lowest BCUT2D eigenvalue weighted by Gasteiger charge is -2.24. The molecule has 0 bridgehead atoms. The van der Waals surface area contributed by atoms with Gasteiger partial charge in [-0.05, 0) is 78.2 Å². The summed E-state index contributed by atoms with van der Waals surface area (Å²) in [4.78, 5) is 17.0. The molecule has 0 fully saturated rings. The lowest BCUT2D eigenvalue weighted by molar-refractivity contribution is -0.114. The minimum atomic E-state index is -3.97. The maximum absolute atomic E-state index is 13.3. The monoisotopic (exact) mass is 491 g/mol. The van der Waals surface area contributed by atoms with E-state index in [2.05, 4.69) is 10.3 Å². The molecule has 6 nitrogen and oxygen atoms in total. The van der Waals surface area contributed by atoms with Crippen LogP contribution in [0.15, 0.2) is 108 Å². The van der Waals surface area contributed by atoms with Crippen LogP contribution in [0.4, 0.5) is 11.4 Å². The van der Waals surface area contributed by atoms with E-state index in [1.54, 1.807) is 67.0 Å². The fraction of sp³-hybridized carbons (Fsp3) is 0.0769. The summed E-state index contributed by atoms with van der Waals surface area (Å²) in [7, 11) is -3.97. The van der Waals surface area contributed by atoms with Crippen molar-refractivity contribution >= 4 is 38.9 Å². The van der Waals surface area contributed by atoms with Gasteiger partial charge in [-0.25, -0.2) is 8.42 Å². The Kier molecular flexibility index (Phi) is 7.25. The SMILES string of the molecule is O=C(CN(c1ccc(Cl)cc1)S(=O)(=O)c1ccccc1)Nc1ccc(Cc2ccncc2)cc1. The van der Waals surface area contributed by atoms with Crippen LogP contribution in [0.5, 0.6) is 0 Å². The predicted molar refractivity (Wildman–Crippen MR) is 135 cm³/mol. The highest BCUT2D eigenvalue weighted by molar-refractivity contribution is 7.92. The highest BCUT2D eigenvalue weighted by Gasteiger charge is 2.27. The smallest absolute Gasteiger partial charge is 0.264 e. The number of sulfonamides is 1. The van der Waals surface area contributed by atoms with Gasteiger partial charge in [0.1, 0.15) is 6.54 Å². The second kappa shape index (κ2) is 10.5. The van der Waals surface area contributed by atoms with Crippen molar-refractivity contribution in [3.63, 3.8) is 0 Å². The van der Waals surface area contributed by atoms with Crippen LogP contribution in [0, 0.1) is 0 Å². The van der Waals surface area contributed by atoms with Gasteiger partial charge in [-0.3, -0.25) is 14.1 Å². The molecule has 172 valence electrons. The zero-order valence-corrected chi connectivity index (χ0v) is 19.7. The van der Waals surface area contributed by atoms with Crippen molar-refractivity contribution in [2.75, 3.05) is 16.2 Å². The number of aromatic nitrogens is 1. The zero-order chi connectivity index (χ0) is 24.0. The van der Waals surface area contributed by atoms with Gasteiger partial charge < -0.3 is 5.32 Å². The van der Waals surface area contributed by atoms with Crippen LogP contribution < -0.4 is 9.62 Å². The van der Waals surface area contributed by atoms with Gasteiger partial charge in [-0.15, -0.1) is 0 Å². The van der Waals surface area contributed by atoms with Gasteiger partial charge in [0.2, 0.25) is 5.91 Å². The summed E-state index contributed by atoms with van der Waals surface area (Å²) in [5, 5.41) is 3.26. The molecule has 0 saturated carbocycles. The van der Waals surface area contributed by atoms with Gasteiger partial charge >= 0.3 is 0 Å². The van der Waals surface area contributed by atoms with E-state index in [4.69, 9.17) is 11.6 Å². The molecule has 1 heterocycles. The summed E-state index contributed by atoms with van der Waals surface area (Å²) in [6.45, 7) is -0.391. The van der Waals surface area contributed by atoms with Crippen molar-refractivity contribution in [1.82, 2.24) is 4.98 Å². The van der Waals surface area contributed by atoms with Gasteiger partial charge in [-0.2, -0.15) is 0 Å². The van der Waals surface area contributed by atoms with E-state index in [1.165, 1.54) is 12.1 Å². The van der Waals surface area contributed by atoms with Gasteiger partial charge in [-0.1, -0.05) is 41.9 Å². The average Bonchev–Trinajstić information content (AvgIpc) is 2.85. The van der Waals surface area contributed by atoms with E-state index in [0.29, 0.717) is 16.4 Å². The van der Waals surface area contributed by atoms with Crippen molar-refractivity contribution in [3.05, 3.63) is 120 Å². The number of anilines is 2. The molecule has 4 rings (SSSR count). The number of halogens is 1. The van der Waals surface area contributed by atoms with Crippen molar-refractivity contribution in [2.45, 2.75) is 11.3 Å². The van der Waals surface area contributed by atoms with Crippen LogP contribution in [0.3, 0.4) is 0 Å². The quantitative estimate of drug-likeness (QED) is 0.369. The predicted octanol–water partition coefficient (Wildman–Crippen LogP) is 5.16. The number of nitrogens with one attached hydrogen (secondary N) is 1. The molecular formula is C26H22ClN3O3S. The molecule has 1 aromatic heterocycles. The third-order valence-corrected chi connectivity index (χ3v) is 7.17. The first kappa shape index (κ1) is 23.5. The summed E-state index contributed by atoms with van der Waals surface area (Å²) >= 11 is 5.97. The number of hydrogen-bond donors (Lipinski definition) is 1. The Hall–Kier alpha value is -3.68. The second-order valence-corrected chi connectivity index (χ2v) is 9.88. The molecule has 0 atom stereocenters. The molecule has 1 N–H and O–H groups in total. The molecule has 0 radical (unpaired) electrons. The van der Waals surface area contributed by atoms with E-state index < -0.39 is 22.5 Å². The lowest BCUT2D eigenvalue weighted by Crippen LogP contribution is -2.38. The Labute approximate surface area is 203 Å². The average molecular weight is 492 g/mol. The van der Waals surface area contributed by atoms with Crippen molar-refractivity contribution < 1.29 is 13.2 Å². The van der Waals surface area contributed by atoms with Crippen LogP contribution >= 0.6 is 11.6 Å². The number of benzene rings is 3. The molecule has 0 spiro atoms. The summed E-state index contributed by atoms with van der Waals surface area (Å²) in [5.74, 6) is -0.462. The molecular weight excluding hydrogens is 470 g/mol. The summed E-state index contributed by atoms with van der Waals surface area (Å²) < 4.78 is 27.7. The van der Waals surface area contributed by atoms with Gasteiger partial charge in [0.25, 0.3) is 10.0 Å². The highest BCUT2D eigenvalue weighted by atomic mass is 35.5. The zero-order valence-electron chi connectivity index (χ0n) is 18.1. The maximum Gasteiger partial charge on any atom is 0.264 e. The molecule has 0 aliphatic rings. The van der Waals surface area contributed by atoms with E-state index in [1.807, 2.05) is 24.3 Å². The van der Waals surface area contributed by atoms with E-state index in [-0.39, 0.29) is 4.90 Å². The number of nitrogens with zero attached hydrogens (tertiary/aromatic N) is 2. The number of carbonyl (C=O) groups is 1. The Morgan fingerprint density at radius 2 is 1.44 bits per heavy atom. The molecule has 0 aliphatic carbocycles. The van der Waals surface area contributed by atoms with Gasteiger partial charge in [0.05, 0.1) is 10.6 Å². The fourth-order valence-electron chi connectivity index (χ4n) is 3.42. The minimum absolute atomic E-state index is 0.0956. The molecule has 1 amide bonds. The summed E-state index contributed by atoms with van der Waals surface area (Å²) in [5.41, 5.74) is 3.14. The second-order valence-electron chi connectivity index (χ2n) is 7.58. The minimum Gasteiger partial charge on any atom is -0.325 e. The standard InChI is InChI=1S/C26H22ClN3O3S/c27-22-8-12-24(13-9-22)30(34(32,33)25-4-2-1-3-5-25)19-26(31)29-23-10-6-20(7-11-23)18-21-14-16-28-17-15-21/h1-17H,18-19H2,(H,29,31). The van der Waals surface area contributed by atoms with Crippen molar-refractivity contribution in [3.8, 4) is 0 Å². The van der Waals surface area contributed by atoms with Crippen molar-refractivity contribution in [2.24, 2.45) is 0 Å². The largest absolute Gasteiger partial charge is 0.325 e. The molecule has 8 heteroatoms. The molecule has 3 aromatic carbocycles. The number of hydrogen-bond acceptors (Lipinski definition) is 4. The number of carbonyl (C=O) groups excluding carboxylic acids is 1. The highest BCUT2D eigenvalue weighted by Crippen LogP contribution is 2.25. The molecule has 0 unspecified atom stereocenters. The molecule has 0 saturated heterocycles. The summed E-state index contributed by atoms with van der Waals surface area (Å²) in [6, 6.07) is 25.7. The summed E-state index contributed by atoms with van der Waals surface area (Å²) in [6.07, 6.45) is 4.25. The van der Waals surface area contributed by atoms with E-state index in [9.17, 15) is 13.2 Å². The van der Waals surface area contributed by atoms with Crippen LogP contribution in [0.25, 0.3) is 0 Å². The van der Waals surface area contributed by atoms with Crippen molar-refractivity contribution in [1.29, 1.82) is 0 Å². The first-order valence-electron chi connectivity index (χ1n) is 10.5. The van der Waals surface area contributed by atoms with Crippen LogP contribution in [0.1, 0.15) is 11.1 Å². The maximum atomic E-state index is 13.3. The van der Waals surface area contributed by atoms with E-state index >= 15 is 0 Å². The third-order valence-electron chi connectivity index (χ3n) is 5.13. The molecule has 4 aromatic rings.